The van der Waals surface area contributed by atoms with Gasteiger partial charge in [-0.05, 0) is 97.0 Å². The van der Waals surface area contributed by atoms with Crippen LogP contribution >= 0.6 is 0 Å². The van der Waals surface area contributed by atoms with E-state index >= 15 is 0 Å². The van der Waals surface area contributed by atoms with Crippen molar-refractivity contribution in [2.75, 3.05) is 0 Å². The zero-order valence-corrected chi connectivity index (χ0v) is 26.1. The summed E-state index contributed by atoms with van der Waals surface area (Å²) < 4.78 is 0. The van der Waals surface area contributed by atoms with Crippen molar-refractivity contribution in [2.45, 2.75) is 19.3 Å². The van der Waals surface area contributed by atoms with Crippen molar-refractivity contribution in [3.8, 4) is 33.6 Å². The van der Waals surface area contributed by atoms with E-state index < -0.39 is 0 Å². The molecule has 0 amide bonds. The summed E-state index contributed by atoms with van der Waals surface area (Å²) in [6.45, 7) is 4.72. The van der Waals surface area contributed by atoms with Gasteiger partial charge >= 0.3 is 0 Å². The van der Waals surface area contributed by atoms with Crippen LogP contribution < -0.4 is 0 Å². The minimum atomic E-state index is -0.145. The van der Waals surface area contributed by atoms with E-state index in [4.69, 9.17) is 9.97 Å². The molecule has 3 aromatic heterocycles. The Balaban J connectivity index is 1.07. The van der Waals surface area contributed by atoms with Crippen LogP contribution in [0.5, 0.6) is 0 Å². The van der Waals surface area contributed by atoms with Crippen molar-refractivity contribution in [1.29, 1.82) is 0 Å². The zero-order chi connectivity index (χ0) is 31.3. The molecule has 3 heteroatoms. The number of aromatic nitrogens is 3. The Hall–Kier alpha value is -5.93. The Kier molecular flexibility index (Phi) is 5.34. The standard InChI is InChI=1S/C44H29N3/c1-44(2)38-22-28(40-19-17-29(25-46-40)41-20-16-27-14-13-26-8-7-21-45-42(26)43(27)47-41)15-18-34(38)37-23-35-32-11-5-3-9-30(32)31-10-4-6-12-33(31)36(35)24-39(37)44/h3-25H,1-2H3. The van der Waals surface area contributed by atoms with E-state index in [1.807, 2.05) is 18.5 Å². The quantitative estimate of drug-likeness (QED) is 0.186. The van der Waals surface area contributed by atoms with Gasteiger partial charge in [0.25, 0.3) is 0 Å². The number of nitrogens with zero attached hydrogens (tertiary/aromatic N) is 3. The predicted molar refractivity (Wildman–Crippen MR) is 196 cm³/mol. The van der Waals surface area contributed by atoms with Crippen LogP contribution in [0.2, 0.25) is 0 Å². The lowest BCUT2D eigenvalue weighted by atomic mass is 9.80. The van der Waals surface area contributed by atoms with Gasteiger partial charge in [-0.25, -0.2) is 4.98 Å². The Morgan fingerprint density at radius 2 is 1.06 bits per heavy atom. The van der Waals surface area contributed by atoms with Crippen LogP contribution in [0.4, 0.5) is 0 Å². The number of pyridine rings is 3. The molecule has 0 aliphatic heterocycles. The largest absolute Gasteiger partial charge is 0.256 e. The second-order valence-corrected chi connectivity index (χ2v) is 13.3. The number of fused-ring (bicyclic) bond motifs is 12. The molecule has 0 N–H and O–H groups in total. The summed E-state index contributed by atoms with van der Waals surface area (Å²) in [5.74, 6) is 0. The Morgan fingerprint density at radius 3 is 1.79 bits per heavy atom. The monoisotopic (exact) mass is 599 g/mol. The Labute approximate surface area is 272 Å². The average Bonchev–Trinajstić information content (AvgIpc) is 3.35. The van der Waals surface area contributed by atoms with Gasteiger partial charge in [-0.3, -0.25) is 9.97 Å². The van der Waals surface area contributed by atoms with Gasteiger partial charge in [0.1, 0.15) is 0 Å². The third-order valence-corrected chi connectivity index (χ3v) is 10.3. The fraction of sp³-hybridized carbons (Fsp3) is 0.0682. The highest BCUT2D eigenvalue weighted by molar-refractivity contribution is 6.26. The summed E-state index contributed by atoms with van der Waals surface area (Å²) in [5, 5.41) is 10.0. The fourth-order valence-corrected chi connectivity index (χ4v) is 7.89. The van der Waals surface area contributed by atoms with Gasteiger partial charge in [0.05, 0.1) is 22.4 Å². The van der Waals surface area contributed by atoms with E-state index in [-0.39, 0.29) is 5.41 Å². The topological polar surface area (TPSA) is 38.7 Å². The third kappa shape index (κ3) is 3.77. The minimum Gasteiger partial charge on any atom is -0.256 e. The summed E-state index contributed by atoms with van der Waals surface area (Å²) in [7, 11) is 0. The fourth-order valence-electron chi connectivity index (χ4n) is 7.89. The van der Waals surface area contributed by atoms with E-state index in [9.17, 15) is 0 Å². The number of hydrogen-bond acceptors (Lipinski definition) is 3. The molecule has 0 atom stereocenters. The van der Waals surface area contributed by atoms with Gasteiger partial charge in [0.2, 0.25) is 0 Å². The van der Waals surface area contributed by atoms with Crippen LogP contribution in [-0.2, 0) is 5.41 Å². The molecule has 220 valence electrons. The summed E-state index contributed by atoms with van der Waals surface area (Å²) >= 11 is 0. The Bertz CT molecular complexity index is 2760. The first-order valence-electron chi connectivity index (χ1n) is 16.2. The first-order valence-corrected chi connectivity index (χ1v) is 16.2. The molecule has 3 heterocycles. The van der Waals surface area contributed by atoms with Crippen molar-refractivity contribution in [2.24, 2.45) is 0 Å². The van der Waals surface area contributed by atoms with Crippen LogP contribution in [0.25, 0.3) is 87.8 Å². The van der Waals surface area contributed by atoms with E-state index in [1.165, 1.54) is 54.6 Å². The molecule has 0 radical (unpaired) electrons. The molecule has 9 aromatic rings. The molecule has 0 bridgehead atoms. The van der Waals surface area contributed by atoms with Crippen LogP contribution in [0.15, 0.2) is 140 Å². The maximum Gasteiger partial charge on any atom is 0.0972 e. The highest BCUT2D eigenvalue weighted by Crippen LogP contribution is 2.52. The summed E-state index contributed by atoms with van der Waals surface area (Å²) in [4.78, 5) is 14.6. The van der Waals surface area contributed by atoms with Crippen molar-refractivity contribution in [1.82, 2.24) is 15.0 Å². The highest BCUT2D eigenvalue weighted by atomic mass is 14.8. The SMILES string of the molecule is CC1(C)c2cc(-c3ccc(-c4ccc5ccc6cccnc6c5n4)cn3)ccc2-c2cc3c4ccccc4c4ccccc4c3cc21. The molecule has 0 fully saturated rings. The number of benzene rings is 6. The first-order chi connectivity index (χ1) is 23.0. The maximum atomic E-state index is 5.02. The van der Waals surface area contributed by atoms with Crippen LogP contribution in [0.1, 0.15) is 25.0 Å². The molecule has 6 aromatic carbocycles. The van der Waals surface area contributed by atoms with Gasteiger partial charge in [-0.1, -0.05) is 98.8 Å². The normalized spacial score (nSPS) is 13.5. The lowest BCUT2D eigenvalue weighted by Gasteiger charge is -2.23. The second kappa shape index (κ2) is 9.54. The molecule has 47 heavy (non-hydrogen) atoms. The predicted octanol–water partition coefficient (Wildman–Crippen LogP) is 11.3. The molecule has 0 unspecified atom stereocenters. The lowest BCUT2D eigenvalue weighted by Crippen LogP contribution is -2.15. The van der Waals surface area contributed by atoms with Crippen LogP contribution in [0.3, 0.4) is 0 Å². The molecule has 0 saturated carbocycles. The van der Waals surface area contributed by atoms with Crippen molar-refractivity contribution in [3.05, 3.63) is 151 Å². The van der Waals surface area contributed by atoms with E-state index in [0.29, 0.717) is 0 Å². The third-order valence-electron chi connectivity index (χ3n) is 10.3. The smallest absolute Gasteiger partial charge is 0.0972 e. The van der Waals surface area contributed by atoms with E-state index in [0.717, 1.165) is 44.3 Å². The lowest BCUT2D eigenvalue weighted by molar-refractivity contribution is 0.661. The molecular weight excluding hydrogens is 571 g/mol. The number of rotatable bonds is 2. The van der Waals surface area contributed by atoms with Gasteiger partial charge in [-0.15, -0.1) is 0 Å². The maximum absolute atomic E-state index is 5.02. The highest BCUT2D eigenvalue weighted by Gasteiger charge is 2.36. The molecule has 3 nitrogen and oxygen atoms in total. The number of hydrogen-bond donors (Lipinski definition) is 0. The molecule has 0 saturated heterocycles. The average molecular weight is 600 g/mol. The van der Waals surface area contributed by atoms with Crippen LogP contribution in [0, 0.1) is 0 Å². The van der Waals surface area contributed by atoms with Crippen LogP contribution in [-0.4, -0.2) is 15.0 Å². The summed E-state index contributed by atoms with van der Waals surface area (Å²) in [5.41, 5.74) is 11.0. The Morgan fingerprint density at radius 1 is 0.447 bits per heavy atom. The van der Waals surface area contributed by atoms with Gasteiger partial charge < -0.3 is 0 Å². The van der Waals surface area contributed by atoms with Crippen molar-refractivity contribution in [3.63, 3.8) is 0 Å². The van der Waals surface area contributed by atoms with Gasteiger partial charge in [0.15, 0.2) is 0 Å². The summed E-state index contributed by atoms with van der Waals surface area (Å²) in [6, 6.07) is 46.1. The molecule has 1 aliphatic rings. The molecule has 0 spiro atoms. The minimum absolute atomic E-state index is 0.145. The van der Waals surface area contributed by atoms with E-state index in [2.05, 4.69) is 140 Å². The van der Waals surface area contributed by atoms with Crippen molar-refractivity contribution < 1.29 is 0 Å². The van der Waals surface area contributed by atoms with E-state index in [1.54, 1.807) is 0 Å². The zero-order valence-electron chi connectivity index (χ0n) is 26.1. The van der Waals surface area contributed by atoms with Gasteiger partial charge in [-0.2, -0.15) is 0 Å². The van der Waals surface area contributed by atoms with Gasteiger partial charge in [0, 0.05) is 39.7 Å². The molecule has 10 rings (SSSR count). The summed E-state index contributed by atoms with van der Waals surface area (Å²) in [6.07, 6.45) is 3.77. The molecule has 1 aliphatic carbocycles. The van der Waals surface area contributed by atoms with Crippen molar-refractivity contribution >= 4 is 54.1 Å². The first kappa shape index (κ1) is 26.3. The second-order valence-electron chi connectivity index (χ2n) is 13.3. The molecular formula is C44H29N3.